The van der Waals surface area contributed by atoms with Gasteiger partial charge in [0.15, 0.2) is 5.78 Å². The van der Waals surface area contributed by atoms with Gasteiger partial charge >= 0.3 is 8.80 Å². The Kier molecular flexibility index (Phi) is 6.73. The third-order valence-electron chi connectivity index (χ3n) is 2.92. The number of hydrogen-bond donors (Lipinski definition) is 0. The van der Waals surface area contributed by atoms with Gasteiger partial charge < -0.3 is 18.0 Å². The Morgan fingerprint density at radius 1 is 1.50 bits per heavy atom. The molecule has 0 aliphatic carbocycles. The Hall–Kier alpha value is -0.533. The minimum Gasteiger partial charge on any atom is -0.377 e. The van der Waals surface area contributed by atoms with Gasteiger partial charge in [0.05, 0.1) is 12.7 Å². The monoisotopic (exact) mass is 274 g/mol. The summed E-state index contributed by atoms with van der Waals surface area (Å²) in [7, 11) is 0.588. The first-order valence-electron chi connectivity index (χ1n) is 6.17. The van der Waals surface area contributed by atoms with Crippen LogP contribution in [0, 0.1) is 0 Å². The molecule has 1 atom stereocenters. The highest BCUT2D eigenvalue weighted by Crippen LogP contribution is 2.20. The lowest BCUT2D eigenvalue weighted by Crippen LogP contribution is -2.44. The summed E-state index contributed by atoms with van der Waals surface area (Å²) in [5, 5.41) is 0. The second kappa shape index (κ2) is 7.80. The fourth-order valence-corrected chi connectivity index (χ4v) is 3.63. The summed E-state index contributed by atoms with van der Waals surface area (Å²) in [6, 6.07) is 0.644. The average molecular weight is 274 g/mol. The van der Waals surface area contributed by atoms with E-state index in [1.54, 1.807) is 14.2 Å². The fourth-order valence-electron chi connectivity index (χ4n) is 1.64. The molecule has 0 bridgehead atoms. The zero-order chi connectivity index (χ0) is 13.4. The van der Waals surface area contributed by atoms with Crippen LogP contribution < -0.4 is 0 Å². The van der Waals surface area contributed by atoms with E-state index >= 15 is 0 Å². The first-order chi connectivity index (χ1) is 8.65. The predicted molar refractivity (Wildman–Crippen MR) is 69.3 cm³/mol. The maximum atomic E-state index is 11.1. The van der Waals surface area contributed by atoms with Gasteiger partial charge in [0.1, 0.15) is 0 Å². The topological polar surface area (TPSA) is 57.3 Å². The first kappa shape index (κ1) is 15.5. The summed E-state index contributed by atoms with van der Waals surface area (Å²) in [4.78, 5) is 11.1. The van der Waals surface area contributed by atoms with Gasteiger partial charge in [-0.3, -0.25) is 4.79 Å². The van der Waals surface area contributed by atoms with Gasteiger partial charge in [0, 0.05) is 33.3 Å². The maximum Gasteiger partial charge on any atom is 0.500 e. The molecule has 18 heavy (non-hydrogen) atoms. The number of allylic oxidation sites excluding steroid dienone is 1. The normalized spacial score (nSPS) is 18.7. The lowest BCUT2D eigenvalue weighted by atomic mass is 10.2. The molecule has 0 N–H and O–H groups in total. The first-order valence-corrected chi connectivity index (χ1v) is 8.10. The molecule has 1 saturated heterocycles. The van der Waals surface area contributed by atoms with Crippen LogP contribution in [0.3, 0.4) is 0 Å². The van der Waals surface area contributed by atoms with Crippen LogP contribution in [0.5, 0.6) is 0 Å². The van der Waals surface area contributed by atoms with E-state index in [1.165, 1.54) is 6.08 Å². The Bertz CT molecular complexity index is 274. The number of ether oxygens (including phenoxy) is 1. The van der Waals surface area contributed by atoms with Gasteiger partial charge in [-0.05, 0) is 18.9 Å². The molecule has 0 saturated carbocycles. The molecule has 5 nitrogen and oxygen atoms in total. The van der Waals surface area contributed by atoms with Crippen LogP contribution >= 0.6 is 0 Å². The smallest absolute Gasteiger partial charge is 0.377 e. The van der Waals surface area contributed by atoms with Crippen molar-refractivity contribution in [3.05, 3.63) is 12.7 Å². The van der Waals surface area contributed by atoms with E-state index in [-0.39, 0.29) is 5.78 Å². The molecular weight excluding hydrogens is 252 g/mol. The Balaban J connectivity index is 2.29. The largest absolute Gasteiger partial charge is 0.500 e. The molecule has 1 aliphatic heterocycles. The third kappa shape index (κ3) is 5.41. The van der Waals surface area contributed by atoms with Crippen molar-refractivity contribution in [3.63, 3.8) is 0 Å². The van der Waals surface area contributed by atoms with E-state index in [1.807, 2.05) is 0 Å². The molecule has 104 valence electrons. The zero-order valence-corrected chi connectivity index (χ0v) is 12.1. The van der Waals surface area contributed by atoms with Crippen LogP contribution in [0.1, 0.15) is 19.3 Å². The van der Waals surface area contributed by atoms with Gasteiger partial charge in [-0.15, -0.1) is 0 Å². The Morgan fingerprint density at radius 3 is 2.67 bits per heavy atom. The van der Waals surface area contributed by atoms with Gasteiger partial charge in [0.2, 0.25) is 0 Å². The van der Waals surface area contributed by atoms with Crippen LogP contribution in [-0.2, 0) is 22.8 Å². The number of rotatable bonds is 11. The summed E-state index contributed by atoms with van der Waals surface area (Å²) >= 11 is 0. The van der Waals surface area contributed by atoms with E-state index in [0.29, 0.717) is 31.6 Å². The average Bonchev–Trinajstić information content (AvgIpc) is 3.21. The Morgan fingerprint density at radius 2 is 2.17 bits per heavy atom. The third-order valence-corrected chi connectivity index (χ3v) is 5.77. The molecule has 1 rings (SSSR count). The summed E-state index contributed by atoms with van der Waals surface area (Å²) in [5.74, 6) is 0.0384. The van der Waals surface area contributed by atoms with Gasteiger partial charge in [0.25, 0.3) is 0 Å². The van der Waals surface area contributed by atoms with Crippen molar-refractivity contribution in [1.82, 2.24) is 0 Å². The standard InChI is InChI=1S/C12H22O5Si/c1-4-11(13)6-5-9-18(14-2,15-3)17-8-7-12-10-16-12/h4,12H,1,5-10H2,2-3H3. The molecule has 0 spiro atoms. The van der Waals surface area contributed by atoms with Crippen LogP contribution in [0.15, 0.2) is 12.7 Å². The van der Waals surface area contributed by atoms with Crippen molar-refractivity contribution < 1.29 is 22.8 Å². The number of ketones is 1. The maximum absolute atomic E-state index is 11.1. The van der Waals surface area contributed by atoms with Crippen molar-refractivity contribution in [2.24, 2.45) is 0 Å². The molecular formula is C12H22O5Si. The fraction of sp³-hybridized carbons (Fsp3) is 0.750. The van der Waals surface area contributed by atoms with Crippen LogP contribution in [0.4, 0.5) is 0 Å². The summed E-state index contributed by atoms with van der Waals surface area (Å²) in [6.45, 7) is 4.85. The summed E-state index contributed by atoms with van der Waals surface area (Å²) < 4.78 is 21.7. The zero-order valence-electron chi connectivity index (χ0n) is 11.1. The molecule has 0 aromatic carbocycles. The van der Waals surface area contributed by atoms with E-state index < -0.39 is 8.80 Å². The highest BCUT2D eigenvalue weighted by atomic mass is 28.4. The molecule has 1 heterocycles. The second-order valence-electron chi connectivity index (χ2n) is 4.21. The Labute approximate surface area is 109 Å². The summed E-state index contributed by atoms with van der Waals surface area (Å²) in [5.41, 5.74) is 0. The molecule has 6 heteroatoms. The van der Waals surface area contributed by atoms with Gasteiger partial charge in [-0.25, -0.2) is 0 Å². The van der Waals surface area contributed by atoms with Gasteiger partial charge in [-0.2, -0.15) is 0 Å². The summed E-state index contributed by atoms with van der Waals surface area (Å²) in [6.07, 6.45) is 3.70. The van der Waals surface area contributed by atoms with Crippen molar-refractivity contribution in [1.29, 1.82) is 0 Å². The molecule has 0 amide bonds. The van der Waals surface area contributed by atoms with E-state index in [0.717, 1.165) is 13.0 Å². The predicted octanol–water partition coefficient (Wildman–Crippen LogP) is 1.56. The van der Waals surface area contributed by atoms with Crippen molar-refractivity contribution in [2.75, 3.05) is 27.4 Å². The molecule has 0 radical (unpaired) electrons. The number of carbonyl (C=O) groups is 1. The molecule has 1 fully saturated rings. The molecule has 0 aromatic heterocycles. The van der Waals surface area contributed by atoms with E-state index in [2.05, 4.69) is 6.58 Å². The highest BCUT2D eigenvalue weighted by molar-refractivity contribution is 6.60. The second-order valence-corrected chi connectivity index (χ2v) is 7.18. The lowest BCUT2D eigenvalue weighted by Gasteiger charge is -2.26. The highest BCUT2D eigenvalue weighted by Gasteiger charge is 2.39. The van der Waals surface area contributed by atoms with E-state index in [9.17, 15) is 4.79 Å². The van der Waals surface area contributed by atoms with Crippen molar-refractivity contribution >= 4 is 14.6 Å². The minimum absolute atomic E-state index is 0.0384. The lowest BCUT2D eigenvalue weighted by molar-refractivity contribution is -0.114. The molecule has 0 aromatic rings. The quantitative estimate of drug-likeness (QED) is 0.325. The van der Waals surface area contributed by atoms with Crippen molar-refractivity contribution in [3.8, 4) is 0 Å². The molecule has 1 aliphatic rings. The van der Waals surface area contributed by atoms with Crippen LogP contribution in [-0.4, -0.2) is 48.1 Å². The number of epoxide rings is 1. The number of carbonyl (C=O) groups excluding carboxylic acids is 1. The van der Waals surface area contributed by atoms with E-state index in [4.69, 9.17) is 18.0 Å². The molecule has 1 unspecified atom stereocenters. The van der Waals surface area contributed by atoms with Crippen molar-refractivity contribution in [2.45, 2.75) is 31.4 Å². The SMILES string of the molecule is C=CC(=O)CCC[Si](OC)(OC)OCCC1CO1. The number of hydrogen-bond acceptors (Lipinski definition) is 5. The minimum atomic E-state index is -2.60. The van der Waals surface area contributed by atoms with Crippen LogP contribution in [0.2, 0.25) is 6.04 Å². The van der Waals surface area contributed by atoms with Gasteiger partial charge in [-0.1, -0.05) is 6.58 Å². The van der Waals surface area contributed by atoms with Crippen LogP contribution in [0.25, 0.3) is 0 Å².